The summed E-state index contributed by atoms with van der Waals surface area (Å²) in [6.07, 6.45) is 0. The highest BCUT2D eigenvalue weighted by atomic mass is 16.5. The number of carbonyl (C=O) groups excluding carboxylic acids is 2. The van der Waals surface area contributed by atoms with Gasteiger partial charge in [-0.15, -0.1) is 0 Å². The number of carbonyl (C=O) groups is 2. The number of nitriles is 2. The van der Waals surface area contributed by atoms with Crippen molar-refractivity contribution < 1.29 is 19.1 Å². The number of ketones is 2. The highest BCUT2D eigenvalue weighted by Gasteiger charge is 2.41. The molecule has 1 aliphatic carbocycles. The topological polar surface area (TPSA) is 100 Å². The SMILES string of the molecule is CCOC1=C(OCC)C(=O)C(=C(C#N)C#N)C1=O. The molecular weight excluding hydrogens is 236 g/mol. The molecule has 1 rings (SSSR count). The van der Waals surface area contributed by atoms with Crippen LogP contribution in [0.1, 0.15) is 13.8 Å². The first kappa shape index (κ1) is 13.5. The van der Waals surface area contributed by atoms with Crippen molar-refractivity contribution in [2.45, 2.75) is 13.8 Å². The first-order valence-electron chi connectivity index (χ1n) is 5.26. The summed E-state index contributed by atoms with van der Waals surface area (Å²) < 4.78 is 10.1. The minimum Gasteiger partial charge on any atom is -0.486 e. The molecule has 0 aromatic carbocycles. The molecule has 92 valence electrons. The minimum absolute atomic E-state index is 0.173. The molecule has 0 amide bonds. The van der Waals surface area contributed by atoms with Crippen molar-refractivity contribution in [3.05, 3.63) is 22.7 Å². The highest BCUT2D eigenvalue weighted by molar-refractivity contribution is 6.37. The number of ether oxygens (including phenoxy) is 2. The van der Waals surface area contributed by atoms with Crippen LogP contribution in [0, 0.1) is 22.7 Å². The van der Waals surface area contributed by atoms with E-state index in [-0.39, 0.29) is 24.7 Å². The Labute approximate surface area is 104 Å². The summed E-state index contributed by atoms with van der Waals surface area (Å²) in [7, 11) is 0. The predicted molar refractivity (Wildman–Crippen MR) is 58.5 cm³/mol. The Morgan fingerprint density at radius 3 is 1.67 bits per heavy atom. The lowest BCUT2D eigenvalue weighted by atomic mass is 10.1. The van der Waals surface area contributed by atoms with Crippen LogP contribution < -0.4 is 0 Å². The van der Waals surface area contributed by atoms with Crippen molar-refractivity contribution in [2.75, 3.05) is 13.2 Å². The van der Waals surface area contributed by atoms with Crippen LogP contribution in [0.15, 0.2) is 22.7 Å². The van der Waals surface area contributed by atoms with E-state index in [0.29, 0.717) is 0 Å². The smallest absolute Gasteiger partial charge is 0.237 e. The van der Waals surface area contributed by atoms with Crippen LogP contribution in [0.5, 0.6) is 0 Å². The third-order valence-electron chi connectivity index (χ3n) is 2.12. The van der Waals surface area contributed by atoms with E-state index in [4.69, 9.17) is 20.0 Å². The summed E-state index contributed by atoms with van der Waals surface area (Å²) in [5.74, 6) is -2.02. The van der Waals surface area contributed by atoms with Gasteiger partial charge in [-0.05, 0) is 13.8 Å². The van der Waals surface area contributed by atoms with Crippen LogP contribution in [-0.2, 0) is 19.1 Å². The third-order valence-corrected chi connectivity index (χ3v) is 2.12. The summed E-state index contributed by atoms with van der Waals surface area (Å²) in [4.78, 5) is 23.8. The minimum atomic E-state index is -0.775. The van der Waals surface area contributed by atoms with Crippen molar-refractivity contribution in [3.63, 3.8) is 0 Å². The Morgan fingerprint density at radius 2 is 1.39 bits per heavy atom. The molecule has 0 aromatic heterocycles. The van der Waals surface area contributed by atoms with E-state index < -0.39 is 22.7 Å². The van der Waals surface area contributed by atoms with Gasteiger partial charge in [0.1, 0.15) is 23.3 Å². The first-order chi connectivity index (χ1) is 8.62. The lowest BCUT2D eigenvalue weighted by Gasteiger charge is -2.05. The molecule has 6 nitrogen and oxygen atoms in total. The van der Waals surface area contributed by atoms with Gasteiger partial charge in [0.2, 0.25) is 23.1 Å². The van der Waals surface area contributed by atoms with Crippen molar-refractivity contribution in [1.82, 2.24) is 0 Å². The lowest BCUT2D eigenvalue weighted by Crippen LogP contribution is -2.09. The molecule has 0 spiro atoms. The Bertz CT molecular complexity index is 497. The normalized spacial score (nSPS) is 14.3. The Balaban J connectivity index is 3.37. The number of hydrogen-bond acceptors (Lipinski definition) is 6. The van der Waals surface area contributed by atoms with Gasteiger partial charge in [-0.3, -0.25) is 9.59 Å². The van der Waals surface area contributed by atoms with E-state index >= 15 is 0 Å². The van der Waals surface area contributed by atoms with E-state index in [1.807, 2.05) is 0 Å². The van der Waals surface area contributed by atoms with Crippen LogP contribution >= 0.6 is 0 Å². The lowest BCUT2D eigenvalue weighted by molar-refractivity contribution is -0.117. The molecule has 1 aliphatic rings. The summed E-state index contributed by atoms with van der Waals surface area (Å²) in [6, 6.07) is 3.04. The van der Waals surface area contributed by atoms with Gasteiger partial charge < -0.3 is 9.47 Å². The third kappa shape index (κ3) is 2.09. The fourth-order valence-corrected chi connectivity index (χ4v) is 1.45. The van der Waals surface area contributed by atoms with Gasteiger partial charge in [0.15, 0.2) is 0 Å². The first-order valence-corrected chi connectivity index (χ1v) is 5.26. The van der Waals surface area contributed by atoms with Gasteiger partial charge in [-0.1, -0.05) is 0 Å². The summed E-state index contributed by atoms with van der Waals surface area (Å²) in [6.45, 7) is 3.64. The van der Waals surface area contributed by atoms with Crippen LogP contribution in [0.2, 0.25) is 0 Å². The molecule has 0 radical (unpaired) electrons. The van der Waals surface area contributed by atoms with Gasteiger partial charge in [0, 0.05) is 0 Å². The molecule has 0 N–H and O–H groups in total. The molecule has 6 heteroatoms. The van der Waals surface area contributed by atoms with Gasteiger partial charge >= 0.3 is 0 Å². The van der Waals surface area contributed by atoms with Gasteiger partial charge in [0.05, 0.1) is 13.2 Å². The average molecular weight is 246 g/mol. The zero-order valence-electron chi connectivity index (χ0n) is 9.94. The summed E-state index contributed by atoms with van der Waals surface area (Å²) >= 11 is 0. The van der Waals surface area contributed by atoms with Crippen LogP contribution in [0.4, 0.5) is 0 Å². The number of Topliss-reactive ketones (excluding diaryl/α,β-unsaturated/α-hetero) is 2. The molecule has 0 heterocycles. The van der Waals surface area contributed by atoms with E-state index in [1.54, 1.807) is 13.8 Å². The molecule has 18 heavy (non-hydrogen) atoms. The van der Waals surface area contributed by atoms with Crippen molar-refractivity contribution >= 4 is 11.6 Å². The van der Waals surface area contributed by atoms with Crippen molar-refractivity contribution in [1.29, 1.82) is 10.5 Å². The van der Waals surface area contributed by atoms with E-state index in [1.165, 1.54) is 12.1 Å². The van der Waals surface area contributed by atoms with Crippen LogP contribution in [0.25, 0.3) is 0 Å². The van der Waals surface area contributed by atoms with Gasteiger partial charge in [-0.25, -0.2) is 0 Å². The molecule has 0 unspecified atom stereocenters. The standard InChI is InChI=1S/C12H10N2O4/c1-3-17-11-9(15)8(7(5-13)6-14)10(16)12(11)18-4-2/h3-4H2,1-2H3. The molecule has 0 aromatic rings. The monoisotopic (exact) mass is 246 g/mol. The molecule has 0 saturated carbocycles. The number of rotatable bonds is 4. The maximum Gasteiger partial charge on any atom is 0.237 e. The molecule has 0 aliphatic heterocycles. The second-order valence-corrected chi connectivity index (χ2v) is 3.16. The number of nitrogens with zero attached hydrogens (tertiary/aromatic N) is 2. The van der Waals surface area contributed by atoms with Crippen LogP contribution in [-0.4, -0.2) is 24.8 Å². The summed E-state index contributed by atoms with van der Waals surface area (Å²) in [5.41, 5.74) is -1.01. The molecule has 0 atom stereocenters. The largest absolute Gasteiger partial charge is 0.486 e. The second-order valence-electron chi connectivity index (χ2n) is 3.16. The molecular formula is C12H10N2O4. The van der Waals surface area contributed by atoms with Crippen LogP contribution in [0.3, 0.4) is 0 Å². The van der Waals surface area contributed by atoms with Gasteiger partial charge in [0.25, 0.3) is 0 Å². The summed E-state index contributed by atoms with van der Waals surface area (Å²) in [5, 5.41) is 17.4. The number of hydrogen-bond donors (Lipinski definition) is 0. The fourth-order valence-electron chi connectivity index (χ4n) is 1.45. The zero-order valence-corrected chi connectivity index (χ0v) is 9.94. The molecule has 0 bridgehead atoms. The van der Waals surface area contributed by atoms with Crippen molar-refractivity contribution in [2.24, 2.45) is 0 Å². The zero-order chi connectivity index (χ0) is 13.7. The Kier molecular flexibility index (Phi) is 4.22. The highest BCUT2D eigenvalue weighted by Crippen LogP contribution is 2.28. The van der Waals surface area contributed by atoms with E-state index in [0.717, 1.165) is 0 Å². The Morgan fingerprint density at radius 1 is 1.00 bits per heavy atom. The fraction of sp³-hybridized carbons (Fsp3) is 0.333. The maximum atomic E-state index is 11.9. The maximum absolute atomic E-state index is 11.9. The average Bonchev–Trinajstić information content (AvgIpc) is 2.58. The second kappa shape index (κ2) is 5.65. The van der Waals surface area contributed by atoms with Gasteiger partial charge in [-0.2, -0.15) is 10.5 Å². The predicted octanol–water partition coefficient (Wildman–Crippen LogP) is 0.767. The Hall–Kier alpha value is -2.60. The molecule has 0 saturated heterocycles. The quantitative estimate of drug-likeness (QED) is 0.412. The van der Waals surface area contributed by atoms with E-state index in [2.05, 4.69) is 0 Å². The van der Waals surface area contributed by atoms with Crippen molar-refractivity contribution in [3.8, 4) is 12.1 Å². The van der Waals surface area contributed by atoms with E-state index in [9.17, 15) is 9.59 Å². The molecule has 0 fully saturated rings. The number of allylic oxidation sites excluding steroid dienone is 3.